The van der Waals surface area contributed by atoms with Crippen LogP contribution in [0, 0.1) is 0 Å². The number of anilines is 1. The van der Waals surface area contributed by atoms with Crippen molar-refractivity contribution in [1.82, 2.24) is 9.97 Å². The van der Waals surface area contributed by atoms with Gasteiger partial charge in [0.05, 0.1) is 5.39 Å². The number of nitrogen functional groups attached to an aromatic ring is 1. The van der Waals surface area contributed by atoms with Gasteiger partial charge in [0, 0.05) is 10.4 Å². The molecule has 0 aliphatic rings. The highest BCUT2D eigenvalue weighted by atomic mass is 32.1. The summed E-state index contributed by atoms with van der Waals surface area (Å²) in [6, 6.07) is 8.76. The summed E-state index contributed by atoms with van der Waals surface area (Å²) in [7, 11) is 0. The molecule has 0 aliphatic heterocycles. The van der Waals surface area contributed by atoms with Crippen LogP contribution in [0.5, 0.6) is 0 Å². The predicted octanol–water partition coefficient (Wildman–Crippen LogP) is 4.33. The summed E-state index contributed by atoms with van der Waals surface area (Å²) in [5.74, 6) is 6.86. The number of fused-ring (bicyclic) bond motifs is 1. The van der Waals surface area contributed by atoms with Gasteiger partial charge in [0.15, 0.2) is 5.82 Å². The number of aromatic nitrogens is 2. The first-order valence-electron chi connectivity index (χ1n) is 7.49. The molecule has 3 N–H and O–H groups in total. The molecule has 3 rings (SSSR count). The third kappa shape index (κ3) is 2.46. The van der Waals surface area contributed by atoms with Gasteiger partial charge in [-0.15, -0.1) is 11.3 Å². The molecule has 0 saturated heterocycles. The number of hydrogen-bond acceptors (Lipinski definition) is 5. The van der Waals surface area contributed by atoms with Crippen molar-refractivity contribution in [3.63, 3.8) is 0 Å². The first-order chi connectivity index (χ1) is 10.7. The molecule has 0 atom stereocenters. The van der Waals surface area contributed by atoms with Crippen LogP contribution in [0.15, 0.2) is 30.6 Å². The minimum Gasteiger partial charge on any atom is -0.308 e. The predicted molar refractivity (Wildman–Crippen MR) is 94.1 cm³/mol. The number of benzene rings is 1. The van der Waals surface area contributed by atoms with Crippen molar-refractivity contribution in [2.75, 3.05) is 5.43 Å². The number of aryl methyl sites for hydroxylation is 1. The normalized spacial score (nSPS) is 11.3. The van der Waals surface area contributed by atoms with Crippen molar-refractivity contribution in [3.05, 3.63) is 41.0 Å². The van der Waals surface area contributed by atoms with Crippen LogP contribution in [0.1, 0.15) is 37.1 Å². The number of hydrogen-bond donors (Lipinski definition) is 2. The van der Waals surface area contributed by atoms with Crippen LogP contribution >= 0.6 is 11.3 Å². The molecule has 0 bridgehead atoms. The van der Waals surface area contributed by atoms with E-state index in [-0.39, 0.29) is 0 Å². The van der Waals surface area contributed by atoms with Crippen molar-refractivity contribution in [3.8, 4) is 11.1 Å². The molecule has 114 valence electrons. The second-order valence-corrected chi connectivity index (χ2v) is 6.66. The van der Waals surface area contributed by atoms with E-state index in [1.165, 1.54) is 21.6 Å². The van der Waals surface area contributed by atoms with Gasteiger partial charge in [-0.05, 0) is 23.5 Å². The van der Waals surface area contributed by atoms with Crippen LogP contribution in [0.25, 0.3) is 21.3 Å². The SMILES string of the molecule is CCc1sc2ncnc(NN)c2c1-c1ccc(C(C)C)cc1. The molecular weight excluding hydrogens is 292 g/mol. The van der Waals surface area contributed by atoms with E-state index in [9.17, 15) is 0 Å². The molecule has 0 unspecified atom stereocenters. The first kappa shape index (κ1) is 14.9. The number of nitrogens with zero attached hydrogens (tertiary/aromatic N) is 2. The summed E-state index contributed by atoms with van der Waals surface area (Å²) in [6.45, 7) is 6.58. The maximum absolute atomic E-state index is 5.64. The highest BCUT2D eigenvalue weighted by Crippen LogP contribution is 2.41. The molecular formula is C17H20N4S. The molecule has 5 heteroatoms. The molecule has 22 heavy (non-hydrogen) atoms. The van der Waals surface area contributed by atoms with Crippen molar-refractivity contribution >= 4 is 27.4 Å². The van der Waals surface area contributed by atoms with Gasteiger partial charge in [0.1, 0.15) is 11.2 Å². The van der Waals surface area contributed by atoms with Crippen LogP contribution in [0.3, 0.4) is 0 Å². The maximum atomic E-state index is 5.64. The van der Waals surface area contributed by atoms with Gasteiger partial charge < -0.3 is 5.43 Å². The molecule has 2 aromatic heterocycles. The Morgan fingerprint density at radius 3 is 2.50 bits per heavy atom. The molecule has 0 saturated carbocycles. The summed E-state index contributed by atoms with van der Waals surface area (Å²) >= 11 is 1.71. The van der Waals surface area contributed by atoms with E-state index in [0.717, 1.165) is 16.6 Å². The van der Waals surface area contributed by atoms with E-state index in [2.05, 4.69) is 60.4 Å². The topological polar surface area (TPSA) is 63.8 Å². The number of nitrogens with two attached hydrogens (primary N) is 1. The third-order valence-corrected chi connectivity index (χ3v) is 5.13. The van der Waals surface area contributed by atoms with Crippen molar-refractivity contribution in [2.45, 2.75) is 33.1 Å². The van der Waals surface area contributed by atoms with Gasteiger partial charge in [-0.1, -0.05) is 45.0 Å². The molecule has 3 aromatic rings. The Morgan fingerprint density at radius 1 is 1.18 bits per heavy atom. The molecule has 0 spiro atoms. The summed E-state index contributed by atoms with van der Waals surface area (Å²) in [6.07, 6.45) is 2.52. The quantitative estimate of drug-likeness (QED) is 0.556. The first-order valence-corrected chi connectivity index (χ1v) is 8.30. The minimum atomic E-state index is 0.531. The molecule has 0 amide bonds. The molecule has 2 heterocycles. The number of nitrogens with one attached hydrogen (secondary N) is 1. The lowest BCUT2D eigenvalue weighted by molar-refractivity contribution is 0.867. The third-order valence-electron chi connectivity index (χ3n) is 3.89. The Kier molecular flexibility index (Phi) is 4.09. The lowest BCUT2D eigenvalue weighted by atomic mass is 9.97. The standard InChI is InChI=1S/C17H20N4S/c1-4-13-14(12-7-5-11(6-8-12)10(2)3)15-16(21-18)19-9-20-17(15)22-13/h5-10H,4,18H2,1-3H3,(H,19,20,21). The summed E-state index contributed by atoms with van der Waals surface area (Å²) < 4.78 is 0. The van der Waals surface area contributed by atoms with Crippen molar-refractivity contribution in [2.24, 2.45) is 5.84 Å². The lowest BCUT2D eigenvalue weighted by Crippen LogP contribution is -2.09. The fourth-order valence-corrected chi connectivity index (χ4v) is 3.78. The van der Waals surface area contributed by atoms with Crippen molar-refractivity contribution in [1.29, 1.82) is 0 Å². The smallest absolute Gasteiger partial charge is 0.152 e. The fraction of sp³-hybridized carbons (Fsp3) is 0.294. The van der Waals surface area contributed by atoms with Crippen LogP contribution < -0.4 is 11.3 Å². The second-order valence-electron chi connectivity index (χ2n) is 5.58. The summed E-state index contributed by atoms with van der Waals surface area (Å²) in [5, 5.41) is 1.02. The molecule has 4 nitrogen and oxygen atoms in total. The van der Waals surface area contributed by atoms with E-state index < -0.39 is 0 Å². The zero-order valence-corrected chi connectivity index (χ0v) is 13.9. The number of hydrazine groups is 1. The Bertz CT molecular complexity index is 790. The zero-order chi connectivity index (χ0) is 15.7. The molecule has 0 fully saturated rings. The highest BCUT2D eigenvalue weighted by molar-refractivity contribution is 7.19. The van der Waals surface area contributed by atoms with Crippen molar-refractivity contribution < 1.29 is 0 Å². The van der Waals surface area contributed by atoms with Gasteiger partial charge >= 0.3 is 0 Å². The van der Waals surface area contributed by atoms with Gasteiger partial charge in [-0.25, -0.2) is 15.8 Å². The van der Waals surface area contributed by atoms with Crippen LogP contribution in [0.2, 0.25) is 0 Å². The molecule has 1 aromatic carbocycles. The monoisotopic (exact) mass is 312 g/mol. The van der Waals surface area contributed by atoms with Gasteiger partial charge in [-0.3, -0.25) is 0 Å². The van der Waals surface area contributed by atoms with Crippen LogP contribution in [-0.2, 0) is 6.42 Å². The lowest BCUT2D eigenvalue weighted by Gasteiger charge is -2.09. The van der Waals surface area contributed by atoms with Crippen LogP contribution in [0.4, 0.5) is 5.82 Å². The summed E-state index contributed by atoms with van der Waals surface area (Å²) in [4.78, 5) is 11.0. The Labute approximate surface area is 134 Å². The number of rotatable bonds is 4. The Hall–Kier alpha value is -1.98. The highest BCUT2D eigenvalue weighted by Gasteiger charge is 2.17. The largest absolute Gasteiger partial charge is 0.308 e. The fourth-order valence-electron chi connectivity index (χ4n) is 2.68. The van der Waals surface area contributed by atoms with Gasteiger partial charge in [0.25, 0.3) is 0 Å². The molecule has 0 radical (unpaired) electrons. The van der Waals surface area contributed by atoms with Gasteiger partial charge in [0.2, 0.25) is 0 Å². The average molecular weight is 312 g/mol. The Morgan fingerprint density at radius 2 is 1.91 bits per heavy atom. The summed E-state index contributed by atoms with van der Waals surface area (Å²) in [5.41, 5.74) is 6.44. The second kappa shape index (κ2) is 6.02. The van der Waals surface area contributed by atoms with E-state index in [0.29, 0.717) is 11.7 Å². The number of thiophene rings is 1. The zero-order valence-electron chi connectivity index (χ0n) is 13.1. The van der Waals surface area contributed by atoms with Gasteiger partial charge in [-0.2, -0.15) is 0 Å². The average Bonchev–Trinajstić information content (AvgIpc) is 2.93. The maximum Gasteiger partial charge on any atom is 0.152 e. The van der Waals surface area contributed by atoms with E-state index in [1.807, 2.05) is 0 Å². The van der Waals surface area contributed by atoms with E-state index >= 15 is 0 Å². The molecule has 0 aliphatic carbocycles. The van der Waals surface area contributed by atoms with E-state index in [4.69, 9.17) is 5.84 Å². The minimum absolute atomic E-state index is 0.531. The van der Waals surface area contributed by atoms with Crippen LogP contribution in [-0.4, -0.2) is 9.97 Å². The van der Waals surface area contributed by atoms with E-state index in [1.54, 1.807) is 17.7 Å². The Balaban J connectivity index is 2.24.